The van der Waals surface area contributed by atoms with Gasteiger partial charge in [0.15, 0.2) is 11.5 Å². The molecule has 0 fully saturated rings. The number of nitrogens with one attached hydrogen (secondary N) is 1. The lowest BCUT2D eigenvalue weighted by Gasteiger charge is -2.03. The van der Waals surface area contributed by atoms with Gasteiger partial charge in [-0.1, -0.05) is 23.2 Å². The van der Waals surface area contributed by atoms with Crippen LogP contribution in [0.4, 0.5) is 0 Å². The molecule has 1 heterocycles. The highest BCUT2D eigenvalue weighted by Gasteiger charge is 2.16. The second-order valence-corrected chi connectivity index (χ2v) is 5.44. The highest BCUT2D eigenvalue weighted by atomic mass is 35.5. The van der Waals surface area contributed by atoms with Crippen LogP contribution < -0.4 is 14.9 Å². The number of aromatic hydroxyl groups is 1. The fourth-order valence-electron chi connectivity index (χ4n) is 1.95. The van der Waals surface area contributed by atoms with E-state index in [2.05, 4.69) is 10.5 Å². The number of nitrogens with zero attached hydrogens (tertiary/aromatic N) is 1. The molecule has 0 atom stereocenters. The number of carbonyl (C=O) groups is 1. The van der Waals surface area contributed by atoms with Gasteiger partial charge < -0.3 is 14.6 Å². The predicted molar refractivity (Wildman–Crippen MR) is 85.8 cm³/mol. The Hall–Kier alpha value is -2.44. The maximum absolute atomic E-state index is 12.0. The highest BCUT2D eigenvalue weighted by molar-refractivity contribution is 6.36. The van der Waals surface area contributed by atoms with Gasteiger partial charge >= 0.3 is 0 Å². The summed E-state index contributed by atoms with van der Waals surface area (Å²) in [6.07, 6.45) is 1.25. The summed E-state index contributed by atoms with van der Waals surface area (Å²) < 4.78 is 10.4. The zero-order chi connectivity index (χ0) is 16.4. The number of halogens is 2. The molecule has 8 heteroatoms. The van der Waals surface area contributed by atoms with Crippen LogP contribution in [-0.2, 0) is 0 Å². The van der Waals surface area contributed by atoms with E-state index in [0.29, 0.717) is 22.1 Å². The van der Waals surface area contributed by atoms with Gasteiger partial charge in [0.25, 0.3) is 5.91 Å². The third-order valence-electron chi connectivity index (χ3n) is 3.06. The van der Waals surface area contributed by atoms with Crippen molar-refractivity contribution in [1.82, 2.24) is 5.43 Å². The molecule has 6 nitrogen and oxygen atoms in total. The summed E-state index contributed by atoms with van der Waals surface area (Å²) in [5, 5.41) is 14.0. The number of amides is 1. The van der Waals surface area contributed by atoms with Crippen LogP contribution in [0.25, 0.3) is 0 Å². The molecule has 0 unspecified atom stereocenters. The van der Waals surface area contributed by atoms with E-state index in [1.54, 1.807) is 18.2 Å². The topological polar surface area (TPSA) is 80.2 Å². The molecule has 0 saturated heterocycles. The van der Waals surface area contributed by atoms with Gasteiger partial charge in [0.05, 0.1) is 11.2 Å². The molecular weight excluding hydrogens is 343 g/mol. The van der Waals surface area contributed by atoms with E-state index >= 15 is 0 Å². The lowest BCUT2D eigenvalue weighted by Crippen LogP contribution is -2.17. The van der Waals surface area contributed by atoms with Gasteiger partial charge in [-0.15, -0.1) is 0 Å². The van der Waals surface area contributed by atoms with Gasteiger partial charge in [-0.3, -0.25) is 4.79 Å². The zero-order valence-electron chi connectivity index (χ0n) is 11.5. The van der Waals surface area contributed by atoms with Crippen LogP contribution in [0.2, 0.25) is 10.0 Å². The fourth-order valence-corrected chi connectivity index (χ4v) is 2.46. The number of hydrogen-bond donors (Lipinski definition) is 2. The van der Waals surface area contributed by atoms with Gasteiger partial charge in [0.2, 0.25) is 6.79 Å². The summed E-state index contributed by atoms with van der Waals surface area (Å²) in [6, 6.07) is 7.66. The minimum atomic E-state index is -0.438. The number of hydrazone groups is 1. The maximum atomic E-state index is 12.0. The second-order valence-electron chi connectivity index (χ2n) is 4.59. The summed E-state index contributed by atoms with van der Waals surface area (Å²) in [6.45, 7) is 0.132. The summed E-state index contributed by atoms with van der Waals surface area (Å²) in [7, 11) is 0. The van der Waals surface area contributed by atoms with Crippen molar-refractivity contribution in [2.24, 2.45) is 5.10 Å². The van der Waals surface area contributed by atoms with Gasteiger partial charge in [-0.2, -0.15) is 5.10 Å². The van der Waals surface area contributed by atoms with Crippen molar-refractivity contribution in [2.45, 2.75) is 0 Å². The van der Waals surface area contributed by atoms with E-state index in [1.165, 1.54) is 18.3 Å². The molecule has 1 aliphatic heterocycles. The van der Waals surface area contributed by atoms with Crippen molar-refractivity contribution in [2.75, 3.05) is 6.79 Å². The molecule has 2 aromatic rings. The van der Waals surface area contributed by atoms with Gasteiger partial charge in [-0.25, -0.2) is 5.43 Å². The van der Waals surface area contributed by atoms with Crippen molar-refractivity contribution < 1.29 is 19.4 Å². The maximum Gasteiger partial charge on any atom is 0.271 e. The van der Waals surface area contributed by atoms with Gasteiger partial charge in [-0.05, 0) is 30.3 Å². The van der Waals surface area contributed by atoms with E-state index < -0.39 is 5.91 Å². The van der Waals surface area contributed by atoms with E-state index in [-0.39, 0.29) is 23.1 Å². The molecule has 0 bridgehead atoms. The zero-order valence-corrected chi connectivity index (χ0v) is 13.1. The molecule has 23 heavy (non-hydrogen) atoms. The molecule has 0 saturated carbocycles. The summed E-state index contributed by atoms with van der Waals surface area (Å²) in [4.78, 5) is 12.0. The lowest BCUT2D eigenvalue weighted by atomic mass is 10.2. The Bertz CT molecular complexity index is 808. The number of ether oxygens (including phenoxy) is 2. The Kier molecular flexibility index (Phi) is 4.27. The molecule has 2 N–H and O–H groups in total. The van der Waals surface area contributed by atoms with E-state index in [9.17, 15) is 9.90 Å². The number of fused-ring (bicyclic) bond motifs is 1. The summed E-state index contributed by atoms with van der Waals surface area (Å²) in [5.41, 5.74) is 2.99. The van der Waals surface area contributed by atoms with Crippen molar-refractivity contribution in [1.29, 1.82) is 0 Å². The smallest absolute Gasteiger partial charge is 0.271 e. The number of hydrogen-bond acceptors (Lipinski definition) is 5. The Labute approximate surface area is 141 Å². The Morgan fingerprint density at radius 3 is 2.83 bits per heavy atom. The molecule has 0 spiro atoms. The third-order valence-corrected chi connectivity index (χ3v) is 3.57. The minimum Gasteiger partial charge on any atom is -0.506 e. The molecule has 0 aliphatic carbocycles. The van der Waals surface area contributed by atoms with Crippen molar-refractivity contribution in [3.05, 3.63) is 51.5 Å². The van der Waals surface area contributed by atoms with E-state index in [0.717, 1.165) is 0 Å². The fraction of sp³-hybridized carbons (Fsp3) is 0.0667. The predicted octanol–water partition coefficient (Wildman–Crippen LogP) is 3.19. The normalized spacial score (nSPS) is 12.6. The molecule has 1 aliphatic rings. The van der Waals surface area contributed by atoms with Crippen LogP contribution in [0.15, 0.2) is 35.4 Å². The van der Waals surface area contributed by atoms with Gasteiger partial charge in [0.1, 0.15) is 5.75 Å². The average molecular weight is 353 g/mol. The molecular formula is C15H10Cl2N2O4. The lowest BCUT2D eigenvalue weighted by molar-refractivity contribution is 0.0954. The molecule has 1 amide bonds. The van der Waals surface area contributed by atoms with Crippen LogP contribution >= 0.6 is 23.2 Å². The first-order chi connectivity index (χ1) is 11.0. The summed E-state index contributed by atoms with van der Waals surface area (Å²) in [5.74, 6) is 0.480. The highest BCUT2D eigenvalue weighted by Crippen LogP contribution is 2.32. The molecule has 0 radical (unpaired) electrons. The Balaban J connectivity index is 1.72. The monoisotopic (exact) mass is 352 g/mol. The van der Waals surface area contributed by atoms with Gasteiger partial charge in [0, 0.05) is 16.1 Å². The number of carbonyl (C=O) groups excluding carboxylic acids is 1. The summed E-state index contributed by atoms with van der Waals surface area (Å²) >= 11 is 11.6. The first-order valence-electron chi connectivity index (χ1n) is 6.45. The largest absolute Gasteiger partial charge is 0.506 e. The van der Waals surface area contributed by atoms with Crippen LogP contribution in [0.3, 0.4) is 0 Å². The minimum absolute atomic E-state index is 0.0982. The Morgan fingerprint density at radius 1 is 1.22 bits per heavy atom. The number of phenolic OH excluding ortho intramolecular Hbond substituents is 1. The Morgan fingerprint density at radius 2 is 2.00 bits per heavy atom. The first kappa shape index (κ1) is 15.5. The SMILES string of the molecule is O=C(N/N=C\c1cc(Cl)cc(Cl)c1O)c1ccc2c(c1)OCO2. The number of rotatable bonds is 3. The van der Waals surface area contributed by atoms with Crippen LogP contribution in [-0.4, -0.2) is 24.0 Å². The van der Waals surface area contributed by atoms with E-state index in [4.69, 9.17) is 32.7 Å². The van der Waals surface area contributed by atoms with E-state index in [1.807, 2.05) is 0 Å². The third kappa shape index (κ3) is 3.33. The quantitative estimate of drug-likeness (QED) is 0.656. The second kappa shape index (κ2) is 6.36. The van der Waals surface area contributed by atoms with Crippen LogP contribution in [0.1, 0.15) is 15.9 Å². The molecule has 2 aromatic carbocycles. The average Bonchev–Trinajstić information content (AvgIpc) is 2.99. The first-order valence-corrected chi connectivity index (χ1v) is 7.21. The van der Waals surface area contributed by atoms with Crippen LogP contribution in [0, 0.1) is 0 Å². The molecule has 0 aromatic heterocycles. The van der Waals surface area contributed by atoms with Crippen molar-refractivity contribution >= 4 is 35.3 Å². The molecule has 3 rings (SSSR count). The number of phenols is 1. The van der Waals surface area contributed by atoms with Crippen LogP contribution in [0.5, 0.6) is 17.2 Å². The molecule has 118 valence electrons. The van der Waals surface area contributed by atoms with Crippen molar-refractivity contribution in [3.8, 4) is 17.2 Å². The van der Waals surface area contributed by atoms with Crippen molar-refractivity contribution in [3.63, 3.8) is 0 Å². The number of benzene rings is 2. The standard InChI is InChI=1S/C15H10Cl2N2O4/c16-10-3-9(14(20)11(17)5-10)6-18-19-15(21)8-1-2-12-13(4-8)23-7-22-12/h1-6,20H,7H2,(H,19,21)/b18-6-.